The van der Waals surface area contributed by atoms with Crippen molar-refractivity contribution in [2.75, 3.05) is 37.7 Å². The molecule has 0 aromatic carbocycles. The summed E-state index contributed by atoms with van der Waals surface area (Å²) in [6.45, 7) is 6.69. The van der Waals surface area contributed by atoms with Crippen molar-refractivity contribution in [2.24, 2.45) is 0 Å². The number of hydrogen-bond donors (Lipinski definition) is 0. The molecule has 0 aliphatic carbocycles. The second-order valence-electron chi connectivity index (χ2n) is 5.19. The highest BCUT2D eigenvalue weighted by Crippen LogP contribution is 2.23. The van der Waals surface area contributed by atoms with Crippen molar-refractivity contribution in [3.63, 3.8) is 0 Å². The molecule has 6 heteroatoms. The van der Waals surface area contributed by atoms with Gasteiger partial charge in [-0.2, -0.15) is 4.39 Å². The lowest BCUT2D eigenvalue weighted by atomic mass is 10.1. The van der Waals surface area contributed by atoms with E-state index in [2.05, 4.69) is 44.3 Å². The fraction of sp³-hybridized carbons (Fsp3) is 0.615. The van der Waals surface area contributed by atoms with Gasteiger partial charge in [0.15, 0.2) is 0 Å². The van der Waals surface area contributed by atoms with E-state index >= 15 is 0 Å². The number of pyridine rings is 1. The zero-order valence-electron chi connectivity index (χ0n) is 10.9. The van der Waals surface area contributed by atoms with Gasteiger partial charge in [0.05, 0.1) is 19.3 Å². The molecule has 0 amide bonds. The molecule has 0 spiro atoms. The van der Waals surface area contributed by atoms with Gasteiger partial charge in [-0.25, -0.2) is 4.98 Å². The van der Waals surface area contributed by atoms with Crippen LogP contribution in [0.5, 0.6) is 0 Å². The van der Waals surface area contributed by atoms with Crippen molar-refractivity contribution in [2.45, 2.75) is 19.0 Å². The van der Waals surface area contributed by atoms with Gasteiger partial charge in [-0.05, 0) is 35.6 Å². The molecule has 1 aromatic rings. The number of halogens is 2. The third-order valence-electron chi connectivity index (χ3n) is 3.84. The van der Waals surface area contributed by atoms with E-state index in [0.717, 1.165) is 42.2 Å². The lowest BCUT2D eigenvalue weighted by Gasteiger charge is -2.46. The molecule has 104 valence electrons. The molecule has 0 unspecified atom stereocenters. The van der Waals surface area contributed by atoms with Crippen LogP contribution in [0.4, 0.5) is 10.2 Å². The Bertz CT molecular complexity index is 449. The predicted molar refractivity (Wildman–Crippen MR) is 79.9 cm³/mol. The average Bonchev–Trinajstić information content (AvgIpc) is 2.28. The first-order valence-electron chi connectivity index (χ1n) is 6.55. The molecule has 0 N–H and O–H groups in total. The number of rotatable bonds is 2. The van der Waals surface area contributed by atoms with E-state index < -0.39 is 5.95 Å². The number of anilines is 1. The molecule has 3 rings (SSSR count). The van der Waals surface area contributed by atoms with E-state index in [1.54, 1.807) is 0 Å². The van der Waals surface area contributed by atoms with Crippen LogP contribution in [-0.2, 0) is 4.74 Å². The molecule has 2 fully saturated rings. The number of hydrogen-bond acceptors (Lipinski definition) is 4. The molecule has 3 heterocycles. The minimum atomic E-state index is -0.399. The molecular formula is C13H17FIN3O. The van der Waals surface area contributed by atoms with E-state index in [0.29, 0.717) is 12.1 Å². The maximum absolute atomic E-state index is 13.4. The Labute approximate surface area is 126 Å². The lowest BCUT2D eigenvalue weighted by molar-refractivity contribution is -0.0793. The first kappa shape index (κ1) is 13.5. The Morgan fingerprint density at radius 1 is 1.37 bits per heavy atom. The Kier molecular flexibility index (Phi) is 3.91. The summed E-state index contributed by atoms with van der Waals surface area (Å²) in [6.07, 6.45) is 0. The fourth-order valence-electron chi connectivity index (χ4n) is 2.75. The summed E-state index contributed by atoms with van der Waals surface area (Å²) in [5.74, 6) is 0.352. The average molecular weight is 377 g/mol. The number of nitrogens with zero attached hydrogens (tertiary/aromatic N) is 3. The molecule has 2 aliphatic rings. The van der Waals surface area contributed by atoms with Gasteiger partial charge in [-0.15, -0.1) is 0 Å². The summed E-state index contributed by atoms with van der Waals surface area (Å²) in [7, 11) is 0. The smallest absolute Gasteiger partial charge is 0.215 e. The van der Waals surface area contributed by atoms with Crippen molar-refractivity contribution < 1.29 is 9.13 Å². The molecule has 1 atom stereocenters. The third-order valence-corrected chi connectivity index (χ3v) is 4.46. The normalized spacial score (nSPS) is 25.4. The number of ether oxygens (including phenoxy) is 1. The van der Waals surface area contributed by atoms with E-state index in [1.165, 1.54) is 6.07 Å². The third kappa shape index (κ3) is 2.85. The van der Waals surface area contributed by atoms with Gasteiger partial charge in [0.25, 0.3) is 0 Å². The molecule has 2 saturated heterocycles. The highest BCUT2D eigenvalue weighted by atomic mass is 127. The molecule has 0 radical (unpaired) electrons. The van der Waals surface area contributed by atoms with Crippen LogP contribution in [0.3, 0.4) is 0 Å². The second-order valence-corrected chi connectivity index (χ2v) is 6.44. The molecule has 0 saturated carbocycles. The van der Waals surface area contributed by atoms with Crippen molar-refractivity contribution in [3.8, 4) is 0 Å². The predicted octanol–water partition coefficient (Wildman–Crippen LogP) is 1.73. The lowest BCUT2D eigenvalue weighted by Crippen LogP contribution is -2.60. The zero-order valence-corrected chi connectivity index (χ0v) is 13.0. The van der Waals surface area contributed by atoms with Gasteiger partial charge in [-0.1, -0.05) is 0 Å². The topological polar surface area (TPSA) is 28.6 Å². The molecular weight excluding hydrogens is 360 g/mol. The largest absolute Gasteiger partial charge is 0.378 e. The number of aromatic nitrogens is 1. The minimum absolute atomic E-state index is 0.399. The van der Waals surface area contributed by atoms with Crippen molar-refractivity contribution in [3.05, 3.63) is 21.7 Å². The molecule has 19 heavy (non-hydrogen) atoms. The van der Waals surface area contributed by atoms with Crippen LogP contribution in [0.1, 0.15) is 6.92 Å². The van der Waals surface area contributed by atoms with Crippen molar-refractivity contribution in [1.82, 2.24) is 9.88 Å². The monoisotopic (exact) mass is 377 g/mol. The highest BCUT2D eigenvalue weighted by molar-refractivity contribution is 14.1. The maximum atomic E-state index is 13.4. The van der Waals surface area contributed by atoms with Crippen LogP contribution < -0.4 is 4.90 Å². The Morgan fingerprint density at radius 2 is 2.16 bits per heavy atom. The van der Waals surface area contributed by atoms with Crippen LogP contribution >= 0.6 is 22.6 Å². The maximum Gasteiger partial charge on any atom is 0.215 e. The standard InChI is InChI=1S/C13H17FIN3O/c1-9-6-17(2-3-18(9)11-7-19-8-11)13-5-10(15)4-12(14)16-13/h4-5,9,11H,2-3,6-8H2,1H3/t9-/m0/s1. The molecule has 4 nitrogen and oxygen atoms in total. The van der Waals surface area contributed by atoms with Gasteiger partial charge in [0, 0.05) is 35.3 Å². The summed E-state index contributed by atoms with van der Waals surface area (Å²) in [4.78, 5) is 8.67. The van der Waals surface area contributed by atoms with Gasteiger partial charge in [0.2, 0.25) is 5.95 Å². The summed E-state index contributed by atoms with van der Waals surface area (Å²) in [5.41, 5.74) is 0. The van der Waals surface area contributed by atoms with Gasteiger partial charge in [0.1, 0.15) is 5.82 Å². The first-order chi connectivity index (χ1) is 9.13. The fourth-order valence-corrected chi connectivity index (χ4v) is 3.29. The summed E-state index contributed by atoms with van der Waals surface area (Å²) in [6, 6.07) is 4.41. The van der Waals surface area contributed by atoms with Crippen LogP contribution in [-0.4, -0.2) is 54.8 Å². The van der Waals surface area contributed by atoms with E-state index in [1.807, 2.05) is 6.07 Å². The Hall–Kier alpha value is -0.470. The van der Waals surface area contributed by atoms with Crippen LogP contribution in [0.2, 0.25) is 0 Å². The van der Waals surface area contributed by atoms with E-state index in [9.17, 15) is 4.39 Å². The summed E-state index contributed by atoms with van der Waals surface area (Å²) >= 11 is 2.13. The summed E-state index contributed by atoms with van der Waals surface area (Å²) in [5, 5.41) is 0. The second kappa shape index (κ2) is 5.49. The van der Waals surface area contributed by atoms with Gasteiger partial charge < -0.3 is 9.64 Å². The number of piperazine rings is 1. The minimum Gasteiger partial charge on any atom is -0.378 e. The van der Waals surface area contributed by atoms with E-state index in [-0.39, 0.29) is 0 Å². The Balaban J connectivity index is 1.70. The van der Waals surface area contributed by atoms with Crippen LogP contribution in [0.15, 0.2) is 12.1 Å². The molecule has 1 aromatic heterocycles. The highest BCUT2D eigenvalue weighted by Gasteiger charge is 2.33. The van der Waals surface area contributed by atoms with Gasteiger partial charge >= 0.3 is 0 Å². The molecule has 2 aliphatic heterocycles. The zero-order chi connectivity index (χ0) is 13.4. The van der Waals surface area contributed by atoms with Crippen molar-refractivity contribution >= 4 is 28.4 Å². The van der Waals surface area contributed by atoms with Gasteiger partial charge in [-0.3, -0.25) is 4.90 Å². The van der Waals surface area contributed by atoms with Crippen molar-refractivity contribution in [1.29, 1.82) is 0 Å². The quantitative estimate of drug-likeness (QED) is 0.580. The first-order valence-corrected chi connectivity index (χ1v) is 7.63. The molecule has 0 bridgehead atoms. The SMILES string of the molecule is C[C@H]1CN(c2cc(I)cc(F)n2)CCN1C1COC1. The summed E-state index contributed by atoms with van der Waals surface area (Å²) < 4.78 is 19.5. The van der Waals surface area contributed by atoms with E-state index in [4.69, 9.17) is 4.74 Å². The van der Waals surface area contributed by atoms with Crippen LogP contribution in [0, 0.1) is 9.52 Å². The van der Waals surface area contributed by atoms with Crippen LogP contribution in [0.25, 0.3) is 0 Å². The Morgan fingerprint density at radius 3 is 2.74 bits per heavy atom.